The summed E-state index contributed by atoms with van der Waals surface area (Å²) in [6, 6.07) is 3.10. The van der Waals surface area contributed by atoms with Gasteiger partial charge in [0, 0.05) is 24.0 Å². The van der Waals surface area contributed by atoms with Crippen LogP contribution in [0.25, 0.3) is 0 Å². The molecular formula is C14H17ClN4O2. The predicted octanol–water partition coefficient (Wildman–Crippen LogP) is 3.63. The lowest BCUT2D eigenvalue weighted by atomic mass is 10.1. The van der Waals surface area contributed by atoms with Crippen LogP contribution >= 0.6 is 11.6 Å². The van der Waals surface area contributed by atoms with E-state index in [2.05, 4.69) is 15.5 Å². The van der Waals surface area contributed by atoms with Gasteiger partial charge in [-0.2, -0.15) is 5.10 Å². The second-order valence-electron chi connectivity index (χ2n) is 4.93. The number of nitrogens with zero attached hydrogens (tertiary/aromatic N) is 2. The van der Waals surface area contributed by atoms with E-state index in [-0.39, 0.29) is 10.7 Å². The molecule has 0 amide bonds. The van der Waals surface area contributed by atoms with Crippen LogP contribution in [0.5, 0.6) is 0 Å². The van der Waals surface area contributed by atoms with Gasteiger partial charge in [-0.25, -0.2) is 0 Å². The molecule has 0 unspecified atom stereocenters. The van der Waals surface area contributed by atoms with Crippen LogP contribution in [-0.2, 0) is 6.42 Å². The third-order valence-electron chi connectivity index (χ3n) is 3.36. The van der Waals surface area contributed by atoms with Gasteiger partial charge in [-0.3, -0.25) is 15.2 Å². The Morgan fingerprint density at radius 3 is 2.81 bits per heavy atom. The molecule has 0 bridgehead atoms. The summed E-state index contributed by atoms with van der Waals surface area (Å²) in [4.78, 5) is 10.3. The van der Waals surface area contributed by atoms with Crippen molar-refractivity contribution in [3.8, 4) is 0 Å². The van der Waals surface area contributed by atoms with Crippen molar-refractivity contribution in [3.05, 3.63) is 50.3 Å². The van der Waals surface area contributed by atoms with Crippen molar-refractivity contribution in [2.45, 2.75) is 26.7 Å². The Balaban J connectivity index is 1.93. The van der Waals surface area contributed by atoms with Crippen LogP contribution in [-0.4, -0.2) is 21.7 Å². The molecule has 0 saturated carbocycles. The average molecular weight is 309 g/mol. The zero-order valence-electron chi connectivity index (χ0n) is 11.9. The smallest absolute Gasteiger partial charge is 0.288 e. The second kappa shape index (κ2) is 6.58. The minimum atomic E-state index is -0.471. The molecule has 1 aromatic carbocycles. The maximum Gasteiger partial charge on any atom is 0.288 e. The van der Waals surface area contributed by atoms with Crippen molar-refractivity contribution in [1.29, 1.82) is 0 Å². The second-order valence-corrected chi connectivity index (χ2v) is 5.33. The quantitative estimate of drug-likeness (QED) is 0.485. The molecule has 2 N–H and O–H groups in total. The van der Waals surface area contributed by atoms with Crippen molar-refractivity contribution < 1.29 is 4.92 Å². The highest BCUT2D eigenvalue weighted by Gasteiger charge is 2.14. The molecule has 1 heterocycles. The highest BCUT2D eigenvalue weighted by molar-refractivity contribution is 6.33. The maximum atomic E-state index is 10.8. The van der Waals surface area contributed by atoms with Gasteiger partial charge < -0.3 is 5.32 Å². The normalized spacial score (nSPS) is 10.6. The van der Waals surface area contributed by atoms with Gasteiger partial charge in [-0.1, -0.05) is 11.6 Å². The third kappa shape index (κ3) is 3.72. The maximum absolute atomic E-state index is 10.8. The number of benzene rings is 1. The van der Waals surface area contributed by atoms with Crippen LogP contribution in [0, 0.1) is 24.0 Å². The summed E-state index contributed by atoms with van der Waals surface area (Å²) in [5.74, 6) is 0. The fourth-order valence-corrected chi connectivity index (χ4v) is 2.36. The first-order valence-corrected chi connectivity index (χ1v) is 7.04. The third-order valence-corrected chi connectivity index (χ3v) is 3.67. The molecule has 2 aromatic rings. The van der Waals surface area contributed by atoms with Gasteiger partial charge in [0.05, 0.1) is 11.1 Å². The first-order valence-electron chi connectivity index (χ1n) is 6.66. The van der Waals surface area contributed by atoms with E-state index < -0.39 is 4.92 Å². The van der Waals surface area contributed by atoms with Crippen molar-refractivity contribution in [1.82, 2.24) is 10.2 Å². The fraction of sp³-hybridized carbons (Fsp3) is 0.357. The minimum absolute atomic E-state index is 0.0614. The van der Waals surface area contributed by atoms with Crippen LogP contribution in [0.2, 0.25) is 5.02 Å². The molecule has 0 saturated heterocycles. The summed E-state index contributed by atoms with van der Waals surface area (Å²) in [6.07, 6.45) is 3.70. The number of aromatic amines is 1. The Morgan fingerprint density at radius 2 is 2.19 bits per heavy atom. The highest BCUT2D eigenvalue weighted by atomic mass is 35.5. The van der Waals surface area contributed by atoms with E-state index >= 15 is 0 Å². The molecule has 0 aliphatic heterocycles. The predicted molar refractivity (Wildman–Crippen MR) is 83.0 cm³/mol. The summed E-state index contributed by atoms with van der Waals surface area (Å²) in [5.41, 5.74) is 3.87. The van der Waals surface area contributed by atoms with Crippen LogP contribution in [0.1, 0.15) is 23.2 Å². The van der Waals surface area contributed by atoms with Gasteiger partial charge >= 0.3 is 0 Å². The molecule has 0 spiro atoms. The van der Waals surface area contributed by atoms with Gasteiger partial charge in [0.25, 0.3) is 5.69 Å². The monoisotopic (exact) mass is 308 g/mol. The van der Waals surface area contributed by atoms with Gasteiger partial charge in [0.1, 0.15) is 5.02 Å². The molecule has 1 aromatic heterocycles. The average Bonchev–Trinajstić information content (AvgIpc) is 2.83. The highest BCUT2D eigenvalue weighted by Crippen LogP contribution is 2.30. The van der Waals surface area contributed by atoms with Crippen molar-refractivity contribution in [2.75, 3.05) is 11.9 Å². The largest absolute Gasteiger partial charge is 0.385 e. The van der Waals surface area contributed by atoms with E-state index in [1.165, 1.54) is 11.6 Å². The SMILES string of the molecule is Cc1cc([N+](=O)[O-])c(Cl)cc1NCCCc1cn[nH]c1C. The fourth-order valence-electron chi connectivity index (χ4n) is 2.13. The molecule has 6 nitrogen and oxygen atoms in total. The van der Waals surface area contributed by atoms with Crippen LogP contribution in [0.4, 0.5) is 11.4 Å². The van der Waals surface area contributed by atoms with Gasteiger partial charge in [-0.15, -0.1) is 0 Å². The number of nitro benzene ring substituents is 1. The number of hydrogen-bond acceptors (Lipinski definition) is 4. The van der Waals surface area contributed by atoms with Gasteiger partial charge in [0.2, 0.25) is 0 Å². The number of aryl methyl sites for hydroxylation is 3. The molecule has 0 radical (unpaired) electrons. The molecule has 0 aliphatic rings. The van der Waals surface area contributed by atoms with Crippen molar-refractivity contribution >= 4 is 23.0 Å². The Hall–Kier alpha value is -2.08. The molecule has 0 atom stereocenters. The van der Waals surface area contributed by atoms with E-state index in [1.807, 2.05) is 20.0 Å². The molecule has 0 aliphatic carbocycles. The Bertz CT molecular complexity index is 654. The van der Waals surface area contributed by atoms with Crippen molar-refractivity contribution in [3.63, 3.8) is 0 Å². The van der Waals surface area contributed by atoms with Crippen molar-refractivity contribution in [2.24, 2.45) is 0 Å². The summed E-state index contributed by atoms with van der Waals surface area (Å²) in [6.45, 7) is 4.58. The lowest BCUT2D eigenvalue weighted by Gasteiger charge is -2.10. The molecule has 21 heavy (non-hydrogen) atoms. The Labute approximate surface area is 127 Å². The number of nitrogens with one attached hydrogen (secondary N) is 2. The van der Waals surface area contributed by atoms with Crippen LogP contribution in [0.15, 0.2) is 18.3 Å². The lowest BCUT2D eigenvalue weighted by Crippen LogP contribution is -2.05. The molecule has 0 fully saturated rings. The summed E-state index contributed by atoms with van der Waals surface area (Å²) >= 11 is 5.92. The number of hydrogen-bond donors (Lipinski definition) is 2. The number of nitro groups is 1. The Kier molecular flexibility index (Phi) is 4.80. The van der Waals surface area contributed by atoms with Crippen LogP contribution in [0.3, 0.4) is 0 Å². The van der Waals surface area contributed by atoms with E-state index in [1.54, 1.807) is 6.07 Å². The number of H-pyrrole nitrogens is 1. The first-order chi connectivity index (χ1) is 9.99. The topological polar surface area (TPSA) is 83.8 Å². The number of rotatable bonds is 6. The zero-order chi connectivity index (χ0) is 15.4. The summed E-state index contributed by atoms with van der Waals surface area (Å²) < 4.78 is 0. The Morgan fingerprint density at radius 1 is 1.43 bits per heavy atom. The summed E-state index contributed by atoms with van der Waals surface area (Å²) in [7, 11) is 0. The van der Waals surface area contributed by atoms with E-state index in [0.29, 0.717) is 0 Å². The van der Waals surface area contributed by atoms with Gasteiger partial charge in [0.15, 0.2) is 0 Å². The molecule has 7 heteroatoms. The summed E-state index contributed by atoms with van der Waals surface area (Å²) in [5, 5.41) is 21.1. The first kappa shape index (κ1) is 15.3. The molecule has 112 valence electrons. The minimum Gasteiger partial charge on any atom is -0.385 e. The van der Waals surface area contributed by atoms with Crippen LogP contribution < -0.4 is 5.32 Å². The number of halogens is 1. The standard InChI is InChI=1S/C14H17ClN4O2/c1-9-6-14(19(20)21)12(15)7-13(9)16-5-3-4-11-8-17-18-10(11)2/h6-8,16H,3-5H2,1-2H3,(H,17,18). The van der Waals surface area contributed by atoms with E-state index in [0.717, 1.165) is 36.3 Å². The molecular weight excluding hydrogens is 292 g/mol. The number of anilines is 1. The lowest BCUT2D eigenvalue weighted by molar-refractivity contribution is -0.384. The number of aromatic nitrogens is 2. The molecule has 2 rings (SSSR count). The van der Waals surface area contributed by atoms with E-state index in [4.69, 9.17) is 11.6 Å². The van der Waals surface area contributed by atoms with E-state index in [9.17, 15) is 10.1 Å². The zero-order valence-corrected chi connectivity index (χ0v) is 12.7. The van der Waals surface area contributed by atoms with Gasteiger partial charge in [-0.05, 0) is 43.9 Å².